The van der Waals surface area contributed by atoms with Crippen LogP contribution in [0.3, 0.4) is 0 Å². The summed E-state index contributed by atoms with van der Waals surface area (Å²) in [7, 11) is 0. The maximum atomic E-state index is 10.2. The lowest BCUT2D eigenvalue weighted by atomic mass is 10.1. The standard InChI is InChI=1S/C8H8N2O2S/c9-5-7-3-1-2-4-8(7)6-10-13(11)12/h1-4,10H,6H2,(H,11,12)/p-1. The summed E-state index contributed by atoms with van der Waals surface area (Å²) in [5.41, 5.74) is 1.16. The Kier molecular flexibility index (Phi) is 3.58. The van der Waals surface area contributed by atoms with Gasteiger partial charge in [0.05, 0.1) is 11.6 Å². The van der Waals surface area contributed by atoms with Gasteiger partial charge in [-0.05, 0) is 11.6 Å². The van der Waals surface area contributed by atoms with Crippen LogP contribution < -0.4 is 4.72 Å². The first-order valence-electron chi connectivity index (χ1n) is 3.55. The number of nitrogens with one attached hydrogen (secondary N) is 1. The number of hydrogen-bond donors (Lipinski definition) is 1. The summed E-state index contributed by atoms with van der Waals surface area (Å²) in [5.74, 6) is 0. The number of benzene rings is 1. The fraction of sp³-hybridized carbons (Fsp3) is 0.125. The van der Waals surface area contributed by atoms with Gasteiger partial charge in [0.15, 0.2) is 0 Å². The maximum Gasteiger partial charge on any atom is 0.0995 e. The van der Waals surface area contributed by atoms with Gasteiger partial charge in [0.1, 0.15) is 0 Å². The van der Waals surface area contributed by atoms with Crippen molar-refractivity contribution in [1.29, 1.82) is 5.26 Å². The van der Waals surface area contributed by atoms with Crippen LogP contribution in [0.1, 0.15) is 11.1 Å². The molecule has 13 heavy (non-hydrogen) atoms. The monoisotopic (exact) mass is 195 g/mol. The Labute approximate surface area is 78.6 Å². The highest BCUT2D eigenvalue weighted by Gasteiger charge is 1.98. The van der Waals surface area contributed by atoms with Crippen LogP contribution in [0, 0.1) is 11.3 Å². The van der Waals surface area contributed by atoms with Gasteiger partial charge in [-0.3, -0.25) is 4.21 Å². The molecule has 0 fully saturated rings. The average molecular weight is 195 g/mol. The molecular weight excluding hydrogens is 188 g/mol. The smallest absolute Gasteiger partial charge is 0.0995 e. The Bertz CT molecular complexity index is 359. The molecule has 1 rings (SSSR count). The zero-order chi connectivity index (χ0) is 9.68. The Morgan fingerprint density at radius 3 is 2.85 bits per heavy atom. The van der Waals surface area contributed by atoms with Crippen molar-refractivity contribution in [2.24, 2.45) is 0 Å². The Balaban J connectivity index is 2.77. The number of nitriles is 1. The van der Waals surface area contributed by atoms with Crippen molar-refractivity contribution in [3.8, 4) is 6.07 Å². The quantitative estimate of drug-likeness (QED) is 0.711. The SMILES string of the molecule is N#Cc1ccccc1CNS(=O)[O-]. The molecule has 0 aliphatic rings. The molecule has 0 heterocycles. The molecule has 0 aliphatic carbocycles. The molecule has 1 aromatic rings. The first-order chi connectivity index (χ1) is 6.24. The lowest BCUT2D eigenvalue weighted by Gasteiger charge is -2.07. The van der Waals surface area contributed by atoms with E-state index >= 15 is 0 Å². The molecule has 0 aliphatic heterocycles. The largest absolute Gasteiger partial charge is 0.760 e. The van der Waals surface area contributed by atoms with Crippen molar-refractivity contribution < 1.29 is 8.76 Å². The number of hydrogen-bond acceptors (Lipinski definition) is 3. The molecule has 0 saturated carbocycles. The van der Waals surface area contributed by atoms with E-state index in [-0.39, 0.29) is 6.54 Å². The van der Waals surface area contributed by atoms with Crippen molar-refractivity contribution in [3.05, 3.63) is 35.4 Å². The first kappa shape index (κ1) is 9.86. The fourth-order valence-electron chi connectivity index (χ4n) is 0.920. The van der Waals surface area contributed by atoms with Gasteiger partial charge in [-0.15, -0.1) is 0 Å². The molecular formula is C8H7N2O2S-. The van der Waals surface area contributed by atoms with E-state index in [9.17, 15) is 8.76 Å². The van der Waals surface area contributed by atoms with Crippen molar-refractivity contribution in [1.82, 2.24) is 4.72 Å². The van der Waals surface area contributed by atoms with E-state index in [0.717, 1.165) is 0 Å². The van der Waals surface area contributed by atoms with E-state index in [1.165, 1.54) is 0 Å². The minimum atomic E-state index is -2.29. The van der Waals surface area contributed by atoms with Gasteiger partial charge in [0.2, 0.25) is 0 Å². The zero-order valence-electron chi connectivity index (χ0n) is 6.69. The average Bonchev–Trinajstić information content (AvgIpc) is 2.15. The highest BCUT2D eigenvalue weighted by atomic mass is 32.2. The molecule has 0 aromatic heterocycles. The molecule has 1 unspecified atom stereocenters. The highest BCUT2D eigenvalue weighted by Crippen LogP contribution is 2.06. The Morgan fingerprint density at radius 2 is 2.23 bits per heavy atom. The van der Waals surface area contributed by atoms with Crippen molar-refractivity contribution >= 4 is 11.3 Å². The third kappa shape index (κ3) is 2.95. The molecule has 0 spiro atoms. The molecule has 4 nitrogen and oxygen atoms in total. The second-order valence-corrected chi connectivity index (χ2v) is 3.08. The Morgan fingerprint density at radius 1 is 1.54 bits per heavy atom. The third-order valence-corrected chi connectivity index (χ3v) is 1.90. The molecule has 68 valence electrons. The van der Waals surface area contributed by atoms with Crippen LogP contribution in [-0.4, -0.2) is 8.76 Å². The number of nitrogens with zero attached hydrogens (tertiary/aromatic N) is 1. The van der Waals surface area contributed by atoms with E-state index < -0.39 is 11.3 Å². The predicted molar refractivity (Wildman–Crippen MR) is 46.9 cm³/mol. The van der Waals surface area contributed by atoms with Crippen LogP contribution >= 0.6 is 0 Å². The summed E-state index contributed by atoms with van der Waals surface area (Å²) in [6.07, 6.45) is 0. The van der Waals surface area contributed by atoms with Gasteiger partial charge >= 0.3 is 0 Å². The predicted octanol–water partition coefficient (Wildman–Crippen LogP) is 0.442. The van der Waals surface area contributed by atoms with E-state index in [1.54, 1.807) is 24.3 Å². The minimum absolute atomic E-state index is 0.153. The summed E-state index contributed by atoms with van der Waals surface area (Å²) in [6, 6.07) is 8.82. The van der Waals surface area contributed by atoms with E-state index in [0.29, 0.717) is 11.1 Å². The van der Waals surface area contributed by atoms with Crippen LogP contribution in [0.5, 0.6) is 0 Å². The first-order valence-corrected chi connectivity index (χ1v) is 4.62. The topological polar surface area (TPSA) is 76.0 Å². The van der Waals surface area contributed by atoms with Gasteiger partial charge in [-0.1, -0.05) is 18.2 Å². The zero-order valence-corrected chi connectivity index (χ0v) is 7.50. The van der Waals surface area contributed by atoms with Crippen LogP contribution in [0.2, 0.25) is 0 Å². The van der Waals surface area contributed by atoms with Gasteiger partial charge in [-0.2, -0.15) is 5.26 Å². The van der Waals surface area contributed by atoms with Crippen LogP contribution in [-0.2, 0) is 17.8 Å². The van der Waals surface area contributed by atoms with Crippen LogP contribution in [0.15, 0.2) is 24.3 Å². The molecule has 0 radical (unpaired) electrons. The van der Waals surface area contributed by atoms with Crippen molar-refractivity contribution in [2.45, 2.75) is 6.54 Å². The number of rotatable bonds is 3. The summed E-state index contributed by atoms with van der Waals surface area (Å²) in [4.78, 5) is 0. The molecule has 5 heteroatoms. The maximum absolute atomic E-state index is 10.2. The lowest BCUT2D eigenvalue weighted by Crippen LogP contribution is -2.16. The van der Waals surface area contributed by atoms with E-state index in [4.69, 9.17) is 5.26 Å². The van der Waals surface area contributed by atoms with Gasteiger partial charge in [0, 0.05) is 17.8 Å². The second-order valence-electron chi connectivity index (χ2n) is 2.32. The normalized spacial score (nSPS) is 12.0. The van der Waals surface area contributed by atoms with Gasteiger partial charge < -0.3 is 4.55 Å². The molecule has 1 atom stereocenters. The van der Waals surface area contributed by atoms with Crippen LogP contribution in [0.4, 0.5) is 0 Å². The highest BCUT2D eigenvalue weighted by molar-refractivity contribution is 7.77. The van der Waals surface area contributed by atoms with Crippen molar-refractivity contribution in [3.63, 3.8) is 0 Å². The van der Waals surface area contributed by atoms with E-state index in [2.05, 4.69) is 4.72 Å². The summed E-state index contributed by atoms with van der Waals surface area (Å²) in [5, 5.41) is 8.65. The fourth-order valence-corrected chi connectivity index (χ4v) is 1.19. The molecule has 0 saturated heterocycles. The van der Waals surface area contributed by atoms with Gasteiger partial charge in [-0.25, -0.2) is 4.72 Å². The van der Waals surface area contributed by atoms with E-state index in [1.807, 2.05) is 6.07 Å². The summed E-state index contributed by atoms with van der Waals surface area (Å²) >= 11 is -2.29. The van der Waals surface area contributed by atoms with Crippen LogP contribution in [0.25, 0.3) is 0 Å². The Hall–Kier alpha value is -1.22. The molecule has 0 amide bonds. The molecule has 1 N–H and O–H groups in total. The molecule has 0 bridgehead atoms. The summed E-state index contributed by atoms with van der Waals surface area (Å²) in [6.45, 7) is 0.153. The third-order valence-electron chi connectivity index (χ3n) is 1.52. The lowest BCUT2D eigenvalue weighted by molar-refractivity contribution is 0.522. The second kappa shape index (κ2) is 4.72. The summed E-state index contributed by atoms with van der Waals surface area (Å²) < 4.78 is 22.6. The van der Waals surface area contributed by atoms with Gasteiger partial charge in [0.25, 0.3) is 0 Å². The van der Waals surface area contributed by atoms with Crippen molar-refractivity contribution in [2.75, 3.05) is 0 Å². The molecule has 1 aromatic carbocycles. The minimum Gasteiger partial charge on any atom is -0.760 e.